The summed E-state index contributed by atoms with van der Waals surface area (Å²) in [6.45, 7) is 0. The molecule has 0 saturated heterocycles. The van der Waals surface area contributed by atoms with E-state index in [4.69, 9.17) is 14.9 Å². The number of nitrogens with zero attached hydrogens (tertiary/aromatic N) is 8. The number of carboxylic acids is 1. The van der Waals surface area contributed by atoms with Gasteiger partial charge >= 0.3 is 12.1 Å². The van der Waals surface area contributed by atoms with E-state index in [0.29, 0.717) is 12.1 Å². The third-order valence-electron chi connectivity index (χ3n) is 9.29. The van der Waals surface area contributed by atoms with Crippen molar-refractivity contribution in [2.75, 3.05) is 11.9 Å². The van der Waals surface area contributed by atoms with Crippen LogP contribution in [0, 0.1) is 11.3 Å². The summed E-state index contributed by atoms with van der Waals surface area (Å²) in [5, 5.41) is 27.3. The van der Waals surface area contributed by atoms with Gasteiger partial charge < -0.3 is 19.9 Å². The summed E-state index contributed by atoms with van der Waals surface area (Å²) in [7, 11) is 5.64. The summed E-state index contributed by atoms with van der Waals surface area (Å²) < 4.78 is 35.4. The molecule has 1 fully saturated rings. The second-order valence-corrected chi connectivity index (χ2v) is 12.2. The van der Waals surface area contributed by atoms with Gasteiger partial charge in [0.2, 0.25) is 5.91 Å². The summed E-state index contributed by atoms with van der Waals surface area (Å²) in [6, 6.07) is 8.66. The number of aromatic amines is 1. The molecule has 0 unspecified atom stereocenters. The normalized spacial score (nSPS) is 17.1. The monoisotopic (exact) mass is 655 g/mol. The zero-order valence-corrected chi connectivity index (χ0v) is 25.9. The molecule has 15 heteroatoms. The zero-order chi connectivity index (χ0) is 34.2. The number of carbonyl (C=O) groups is 2. The van der Waals surface area contributed by atoms with E-state index in [1.54, 1.807) is 15.8 Å². The molecule has 0 atom stereocenters. The van der Waals surface area contributed by atoms with Gasteiger partial charge in [-0.15, -0.1) is 0 Å². The van der Waals surface area contributed by atoms with E-state index in [-0.39, 0.29) is 11.4 Å². The predicted octanol–water partition coefficient (Wildman–Crippen LogP) is 5.15. The number of hydrogen-bond donors (Lipinski definition) is 2. The molecule has 2 N–H and O–H groups in total. The SMILES string of the molecule is CN1C(=O)C2(C=CN(C3(CC#N)CC3)C=C2)c2c1cnc1[nH]c(-c3cnn(C)c3)c(-c3ccc4c(cnn4C)c3)c21.O=C(O)C(F)(F)F. The number of amides is 1. The zero-order valence-electron chi connectivity index (χ0n) is 25.9. The molecule has 5 aromatic rings. The number of rotatable bonds is 4. The van der Waals surface area contributed by atoms with Crippen LogP contribution in [-0.2, 0) is 29.1 Å². The van der Waals surface area contributed by atoms with Crippen molar-refractivity contribution < 1.29 is 27.9 Å². The van der Waals surface area contributed by atoms with Crippen molar-refractivity contribution in [3.05, 3.63) is 73.1 Å². The van der Waals surface area contributed by atoms with Crippen LogP contribution in [0.5, 0.6) is 0 Å². The van der Waals surface area contributed by atoms with Crippen LogP contribution in [0.2, 0.25) is 0 Å². The van der Waals surface area contributed by atoms with Crippen molar-refractivity contribution in [1.29, 1.82) is 5.26 Å². The summed E-state index contributed by atoms with van der Waals surface area (Å²) in [6.07, 6.45) is 12.8. The minimum atomic E-state index is -5.08. The number of pyridine rings is 1. The number of nitrogens with one attached hydrogen (secondary N) is 1. The number of nitriles is 1. The summed E-state index contributed by atoms with van der Waals surface area (Å²) in [5.41, 5.74) is 6.06. The molecule has 1 aliphatic carbocycles. The molecule has 0 radical (unpaired) electrons. The predicted molar refractivity (Wildman–Crippen MR) is 169 cm³/mol. The molecular formula is C33H28F3N9O3. The summed E-state index contributed by atoms with van der Waals surface area (Å²) in [4.78, 5) is 35.2. The average molecular weight is 656 g/mol. The van der Waals surface area contributed by atoms with Crippen LogP contribution >= 0.6 is 0 Å². The third-order valence-corrected chi connectivity index (χ3v) is 9.29. The highest BCUT2D eigenvalue weighted by molar-refractivity contribution is 6.18. The molecule has 48 heavy (non-hydrogen) atoms. The van der Waals surface area contributed by atoms with Gasteiger partial charge in [-0.05, 0) is 42.7 Å². The lowest BCUT2D eigenvalue weighted by molar-refractivity contribution is -0.192. The van der Waals surface area contributed by atoms with Crippen molar-refractivity contribution in [3.8, 4) is 28.5 Å². The van der Waals surface area contributed by atoms with E-state index in [2.05, 4.69) is 44.3 Å². The van der Waals surface area contributed by atoms with Crippen LogP contribution in [-0.4, -0.2) is 70.2 Å². The number of hydrogen-bond acceptors (Lipinski definition) is 7. The number of benzene rings is 1. The van der Waals surface area contributed by atoms with Crippen LogP contribution in [0.15, 0.2) is 67.5 Å². The maximum absolute atomic E-state index is 14.1. The van der Waals surface area contributed by atoms with Crippen LogP contribution in [0.1, 0.15) is 24.8 Å². The van der Waals surface area contributed by atoms with E-state index < -0.39 is 17.6 Å². The van der Waals surface area contributed by atoms with E-state index in [1.165, 1.54) is 0 Å². The number of likely N-dealkylation sites (N-methyl/N-ethyl adjacent to an activating group) is 1. The van der Waals surface area contributed by atoms with Crippen molar-refractivity contribution >= 4 is 39.5 Å². The number of aryl methyl sites for hydroxylation is 2. The molecule has 6 heterocycles. The smallest absolute Gasteiger partial charge is 0.475 e. The number of alkyl halides is 3. The number of carbonyl (C=O) groups excluding carboxylic acids is 1. The Kier molecular flexibility index (Phi) is 6.76. The molecule has 1 saturated carbocycles. The molecule has 8 rings (SSSR count). The van der Waals surface area contributed by atoms with Crippen LogP contribution < -0.4 is 4.90 Å². The van der Waals surface area contributed by atoms with Crippen molar-refractivity contribution in [2.24, 2.45) is 14.1 Å². The van der Waals surface area contributed by atoms with Crippen molar-refractivity contribution in [2.45, 2.75) is 36.4 Å². The van der Waals surface area contributed by atoms with E-state index in [9.17, 15) is 23.2 Å². The number of aromatic nitrogens is 6. The Morgan fingerprint density at radius 1 is 1.08 bits per heavy atom. The van der Waals surface area contributed by atoms with Gasteiger partial charge in [0.1, 0.15) is 11.1 Å². The van der Waals surface area contributed by atoms with Crippen LogP contribution in [0.4, 0.5) is 18.9 Å². The lowest BCUT2D eigenvalue weighted by atomic mass is 9.78. The fourth-order valence-electron chi connectivity index (χ4n) is 6.63. The Hall–Kier alpha value is -5.91. The Morgan fingerprint density at radius 2 is 1.79 bits per heavy atom. The van der Waals surface area contributed by atoms with Gasteiger partial charge in [-0.25, -0.2) is 9.78 Å². The van der Waals surface area contributed by atoms with Gasteiger partial charge in [0, 0.05) is 67.2 Å². The number of fused-ring (bicyclic) bond motifs is 5. The summed E-state index contributed by atoms with van der Waals surface area (Å²) >= 11 is 0. The van der Waals surface area contributed by atoms with Gasteiger partial charge in [-0.2, -0.15) is 28.6 Å². The first kappa shape index (κ1) is 30.7. The highest BCUT2D eigenvalue weighted by Gasteiger charge is 2.52. The molecule has 4 aromatic heterocycles. The molecule has 1 spiro atoms. The molecule has 1 aromatic carbocycles. The maximum Gasteiger partial charge on any atom is 0.490 e. The van der Waals surface area contributed by atoms with Gasteiger partial charge in [0.25, 0.3) is 0 Å². The van der Waals surface area contributed by atoms with Crippen molar-refractivity contribution in [3.63, 3.8) is 0 Å². The minimum absolute atomic E-state index is 0.0307. The van der Waals surface area contributed by atoms with Crippen LogP contribution in [0.25, 0.3) is 44.3 Å². The number of anilines is 1. The van der Waals surface area contributed by atoms with Gasteiger partial charge in [0.05, 0.1) is 53.5 Å². The van der Waals surface area contributed by atoms with Crippen molar-refractivity contribution in [1.82, 2.24) is 34.4 Å². The fourth-order valence-corrected chi connectivity index (χ4v) is 6.63. The highest BCUT2D eigenvalue weighted by atomic mass is 19.4. The van der Waals surface area contributed by atoms with Crippen LogP contribution in [0.3, 0.4) is 0 Å². The molecule has 3 aliphatic rings. The Labute approximate surface area is 271 Å². The lowest BCUT2D eigenvalue weighted by Gasteiger charge is -2.33. The molecule has 244 valence electrons. The molecule has 0 bridgehead atoms. The summed E-state index contributed by atoms with van der Waals surface area (Å²) in [5.74, 6) is -2.79. The Bertz CT molecular complexity index is 2230. The lowest BCUT2D eigenvalue weighted by Crippen LogP contribution is -2.39. The number of aliphatic carboxylic acids is 1. The quantitative estimate of drug-likeness (QED) is 0.270. The molecule has 1 amide bonds. The first-order valence-corrected chi connectivity index (χ1v) is 14.9. The number of carboxylic acid groups (broad SMARTS) is 1. The fraction of sp³-hybridized carbons (Fsp3) is 0.273. The number of halogens is 3. The largest absolute Gasteiger partial charge is 0.490 e. The number of H-pyrrole nitrogens is 1. The Morgan fingerprint density at radius 3 is 2.40 bits per heavy atom. The van der Waals surface area contributed by atoms with E-state index in [0.717, 1.165) is 62.8 Å². The minimum Gasteiger partial charge on any atom is -0.475 e. The second-order valence-electron chi connectivity index (χ2n) is 12.2. The maximum atomic E-state index is 14.1. The van der Waals surface area contributed by atoms with Gasteiger partial charge in [-0.1, -0.05) is 6.07 Å². The first-order chi connectivity index (χ1) is 22.8. The topological polar surface area (TPSA) is 149 Å². The Balaban J connectivity index is 0.000000473. The van der Waals surface area contributed by atoms with Gasteiger partial charge in [-0.3, -0.25) is 14.2 Å². The average Bonchev–Trinajstić information content (AvgIpc) is 3.29. The molecule has 12 nitrogen and oxygen atoms in total. The second kappa shape index (κ2) is 10.6. The van der Waals surface area contributed by atoms with Gasteiger partial charge in [0.15, 0.2) is 0 Å². The van der Waals surface area contributed by atoms with E-state index in [1.807, 2.05) is 69.0 Å². The van der Waals surface area contributed by atoms with E-state index >= 15 is 0 Å². The third kappa shape index (κ3) is 4.62. The molecular weight excluding hydrogens is 627 g/mol. The molecule has 2 aliphatic heterocycles. The first-order valence-electron chi connectivity index (χ1n) is 14.9. The highest BCUT2D eigenvalue weighted by Crippen LogP contribution is 2.53. The standard InChI is InChI=1S/C31H27N9O.C2HF3O2/c1-37-18-21(16-34-37)27-24(19-4-5-22-20(14-19)15-35-39(22)3)25-26-23(17-33-28(25)36-27)38(2)29(41)31(26)9-12-40(13-10-31)30(6-7-30)8-11-32;3-2(4,5)1(6)7/h4-5,9-10,12-18H,6-8H2,1-3H3,(H,33,36);(H,6,7).